The molecule has 0 bridgehead atoms. The van der Waals surface area contributed by atoms with Crippen LogP contribution in [0.4, 0.5) is 5.69 Å². The molecule has 2 rings (SSSR count). The predicted octanol–water partition coefficient (Wildman–Crippen LogP) is 4.76. The van der Waals surface area contributed by atoms with Crippen molar-refractivity contribution >= 4 is 44.9 Å². The van der Waals surface area contributed by atoms with Gasteiger partial charge < -0.3 is 14.8 Å². The first-order valence-corrected chi connectivity index (χ1v) is 9.42. The number of hydrogen-bond acceptors (Lipinski definition) is 4. The maximum atomic E-state index is 12.4. The molecule has 0 aliphatic carbocycles. The predicted molar refractivity (Wildman–Crippen MR) is 111 cm³/mol. The second kappa shape index (κ2) is 10.1. The normalized spacial score (nSPS) is 10.1. The van der Waals surface area contributed by atoms with Crippen LogP contribution < -0.4 is 20.1 Å². The third-order valence-corrected chi connectivity index (χ3v) is 4.21. The average molecular weight is 437 g/mol. The number of carbonyl (C=O) groups excluding carboxylic acids is 1. The number of ether oxygens (including phenoxy) is 2. The molecule has 0 aromatic heterocycles. The Labute approximate surface area is 167 Å². The molecule has 26 heavy (non-hydrogen) atoms. The topological polar surface area (TPSA) is 59.6 Å². The van der Waals surface area contributed by atoms with E-state index in [4.69, 9.17) is 21.7 Å². The van der Waals surface area contributed by atoms with E-state index in [1.165, 1.54) is 7.11 Å². The third kappa shape index (κ3) is 6.00. The third-order valence-electron chi connectivity index (χ3n) is 3.51. The number of hydrogen-bond donors (Lipinski definition) is 2. The molecule has 138 valence electrons. The minimum absolute atomic E-state index is 0.205. The molecule has 0 radical (unpaired) electrons. The summed E-state index contributed by atoms with van der Waals surface area (Å²) in [5.74, 6) is 0.931. The fraction of sp³-hybridized carbons (Fsp3) is 0.263. The Morgan fingerprint density at radius 1 is 1.19 bits per heavy atom. The zero-order valence-electron chi connectivity index (χ0n) is 14.7. The first-order chi connectivity index (χ1) is 12.5. The molecule has 0 spiro atoms. The SMILES string of the molecule is CCCCOc1ccc(NC(=S)NC(=O)c2cc(Br)ccc2OC)cc1. The molecule has 2 aromatic rings. The minimum Gasteiger partial charge on any atom is -0.496 e. The van der Waals surface area contributed by atoms with Crippen LogP contribution in [0.1, 0.15) is 30.1 Å². The van der Waals surface area contributed by atoms with Gasteiger partial charge in [0.15, 0.2) is 5.11 Å². The average Bonchev–Trinajstić information content (AvgIpc) is 2.63. The van der Waals surface area contributed by atoms with Crippen LogP contribution in [0.15, 0.2) is 46.9 Å². The monoisotopic (exact) mass is 436 g/mol. The van der Waals surface area contributed by atoms with Gasteiger partial charge in [0.25, 0.3) is 5.91 Å². The molecule has 0 atom stereocenters. The van der Waals surface area contributed by atoms with Crippen molar-refractivity contribution in [1.29, 1.82) is 0 Å². The minimum atomic E-state index is -0.347. The lowest BCUT2D eigenvalue weighted by Crippen LogP contribution is -2.34. The number of thiocarbonyl (C=S) groups is 1. The van der Waals surface area contributed by atoms with E-state index in [0.29, 0.717) is 17.9 Å². The number of benzene rings is 2. The highest BCUT2D eigenvalue weighted by molar-refractivity contribution is 9.10. The summed E-state index contributed by atoms with van der Waals surface area (Å²) in [6, 6.07) is 12.6. The smallest absolute Gasteiger partial charge is 0.261 e. The largest absolute Gasteiger partial charge is 0.496 e. The van der Waals surface area contributed by atoms with E-state index in [1.807, 2.05) is 24.3 Å². The van der Waals surface area contributed by atoms with Gasteiger partial charge in [-0.3, -0.25) is 10.1 Å². The van der Waals surface area contributed by atoms with E-state index in [1.54, 1.807) is 18.2 Å². The molecule has 2 aromatic carbocycles. The Morgan fingerprint density at radius 2 is 1.92 bits per heavy atom. The quantitative estimate of drug-likeness (QED) is 0.483. The van der Waals surface area contributed by atoms with E-state index >= 15 is 0 Å². The van der Waals surface area contributed by atoms with Crippen molar-refractivity contribution in [2.45, 2.75) is 19.8 Å². The lowest BCUT2D eigenvalue weighted by molar-refractivity contribution is 0.0974. The van der Waals surface area contributed by atoms with Crippen LogP contribution in [-0.4, -0.2) is 24.7 Å². The molecule has 0 fully saturated rings. The summed E-state index contributed by atoms with van der Waals surface area (Å²) in [6.45, 7) is 2.82. The Balaban J connectivity index is 1.94. The summed E-state index contributed by atoms with van der Waals surface area (Å²) in [5, 5.41) is 5.84. The van der Waals surface area contributed by atoms with Crippen LogP contribution in [0.25, 0.3) is 0 Å². The molecular weight excluding hydrogens is 416 g/mol. The molecule has 0 saturated heterocycles. The molecule has 0 heterocycles. The van der Waals surface area contributed by atoms with Gasteiger partial charge in [-0.1, -0.05) is 29.3 Å². The van der Waals surface area contributed by atoms with Crippen molar-refractivity contribution in [3.05, 3.63) is 52.5 Å². The number of nitrogens with one attached hydrogen (secondary N) is 2. The van der Waals surface area contributed by atoms with E-state index in [2.05, 4.69) is 33.5 Å². The highest BCUT2D eigenvalue weighted by Crippen LogP contribution is 2.23. The number of halogens is 1. The number of carbonyl (C=O) groups is 1. The van der Waals surface area contributed by atoms with Crippen LogP contribution in [0.2, 0.25) is 0 Å². The summed E-state index contributed by atoms with van der Waals surface area (Å²) in [6.07, 6.45) is 2.12. The molecule has 5 nitrogen and oxygen atoms in total. The zero-order valence-corrected chi connectivity index (χ0v) is 17.1. The molecule has 7 heteroatoms. The maximum absolute atomic E-state index is 12.4. The summed E-state index contributed by atoms with van der Waals surface area (Å²) >= 11 is 8.56. The van der Waals surface area contributed by atoms with Crippen LogP contribution in [0.5, 0.6) is 11.5 Å². The molecule has 0 aliphatic rings. The molecule has 0 unspecified atom stereocenters. The van der Waals surface area contributed by atoms with Gasteiger partial charge in [0.1, 0.15) is 11.5 Å². The van der Waals surface area contributed by atoms with Crippen molar-refractivity contribution in [2.75, 3.05) is 19.0 Å². The molecule has 2 N–H and O–H groups in total. The van der Waals surface area contributed by atoms with Crippen molar-refractivity contribution in [1.82, 2.24) is 5.32 Å². The van der Waals surface area contributed by atoms with Gasteiger partial charge in [-0.15, -0.1) is 0 Å². The van der Waals surface area contributed by atoms with E-state index in [0.717, 1.165) is 28.8 Å². The highest BCUT2D eigenvalue weighted by Gasteiger charge is 2.14. The first-order valence-electron chi connectivity index (χ1n) is 8.22. The Kier molecular flexibility index (Phi) is 7.87. The lowest BCUT2D eigenvalue weighted by Gasteiger charge is -2.12. The summed E-state index contributed by atoms with van der Waals surface area (Å²) in [4.78, 5) is 12.4. The van der Waals surface area contributed by atoms with Gasteiger partial charge in [0.05, 0.1) is 19.3 Å². The summed E-state index contributed by atoms with van der Waals surface area (Å²) < 4.78 is 11.6. The Hall–Kier alpha value is -2.12. The van der Waals surface area contributed by atoms with Gasteiger partial charge in [-0.2, -0.15) is 0 Å². The number of methoxy groups -OCH3 is 1. The number of unbranched alkanes of at least 4 members (excludes halogenated alkanes) is 1. The number of rotatable bonds is 7. The molecule has 1 amide bonds. The van der Waals surface area contributed by atoms with Crippen molar-refractivity contribution < 1.29 is 14.3 Å². The number of amides is 1. The highest BCUT2D eigenvalue weighted by atomic mass is 79.9. The zero-order chi connectivity index (χ0) is 18.9. The second-order valence-electron chi connectivity index (χ2n) is 5.48. The van der Waals surface area contributed by atoms with Crippen molar-refractivity contribution in [3.8, 4) is 11.5 Å². The van der Waals surface area contributed by atoms with Gasteiger partial charge in [-0.25, -0.2) is 0 Å². The van der Waals surface area contributed by atoms with Crippen LogP contribution >= 0.6 is 28.1 Å². The van der Waals surface area contributed by atoms with E-state index < -0.39 is 0 Å². The van der Waals surface area contributed by atoms with Crippen LogP contribution in [-0.2, 0) is 0 Å². The summed E-state index contributed by atoms with van der Waals surface area (Å²) in [5.41, 5.74) is 1.16. The van der Waals surface area contributed by atoms with Gasteiger partial charge in [-0.05, 0) is 61.1 Å². The van der Waals surface area contributed by atoms with Crippen molar-refractivity contribution in [3.63, 3.8) is 0 Å². The van der Waals surface area contributed by atoms with E-state index in [-0.39, 0.29) is 11.0 Å². The van der Waals surface area contributed by atoms with Crippen LogP contribution in [0.3, 0.4) is 0 Å². The van der Waals surface area contributed by atoms with E-state index in [9.17, 15) is 4.79 Å². The lowest BCUT2D eigenvalue weighted by atomic mass is 10.2. The molecule has 0 saturated carbocycles. The second-order valence-corrected chi connectivity index (χ2v) is 6.80. The summed E-state index contributed by atoms with van der Waals surface area (Å²) in [7, 11) is 1.51. The fourth-order valence-electron chi connectivity index (χ4n) is 2.16. The number of anilines is 1. The molecular formula is C19H21BrN2O3S. The fourth-order valence-corrected chi connectivity index (χ4v) is 2.73. The maximum Gasteiger partial charge on any atom is 0.261 e. The van der Waals surface area contributed by atoms with Crippen LogP contribution in [0, 0.1) is 0 Å². The van der Waals surface area contributed by atoms with Gasteiger partial charge in [0, 0.05) is 10.2 Å². The van der Waals surface area contributed by atoms with Crippen molar-refractivity contribution in [2.24, 2.45) is 0 Å². The van der Waals surface area contributed by atoms with Gasteiger partial charge in [0.2, 0.25) is 0 Å². The van der Waals surface area contributed by atoms with Gasteiger partial charge >= 0.3 is 0 Å². The first kappa shape index (κ1) is 20.2. The molecule has 0 aliphatic heterocycles. The standard InChI is InChI=1S/C19H21BrN2O3S/c1-3-4-11-25-15-8-6-14(7-9-15)21-19(26)22-18(23)16-12-13(20)5-10-17(16)24-2/h5-10,12H,3-4,11H2,1-2H3,(H2,21,22,23,26). The Morgan fingerprint density at radius 3 is 2.58 bits per heavy atom. The Bertz CT molecular complexity index is 766.